The van der Waals surface area contributed by atoms with Crippen LogP contribution in [0.3, 0.4) is 0 Å². The molecule has 0 heterocycles. The summed E-state index contributed by atoms with van der Waals surface area (Å²) in [5.74, 6) is 0.142. The van der Waals surface area contributed by atoms with Crippen molar-refractivity contribution in [2.45, 2.75) is 32.6 Å². The Balaban J connectivity index is 2.87. The molecule has 0 atom stereocenters. The van der Waals surface area contributed by atoms with Crippen molar-refractivity contribution in [1.29, 1.82) is 0 Å². The molecule has 1 rings (SSSR count). The molecule has 0 spiro atoms. The van der Waals surface area contributed by atoms with E-state index in [-0.39, 0.29) is 11.2 Å². The predicted molar refractivity (Wildman–Crippen MR) is 68.0 cm³/mol. The van der Waals surface area contributed by atoms with Gasteiger partial charge in [0.1, 0.15) is 0 Å². The molecular weight excluding hydrogens is 198 g/mol. The van der Waals surface area contributed by atoms with Crippen LogP contribution in [0.15, 0.2) is 24.3 Å². The molecule has 2 heteroatoms. The Kier molecular flexibility index (Phi) is 4.25. The highest BCUT2D eigenvalue weighted by Crippen LogP contribution is 2.26. The van der Waals surface area contributed by atoms with Gasteiger partial charge in [-0.1, -0.05) is 45.0 Å². The van der Waals surface area contributed by atoms with Gasteiger partial charge in [-0.05, 0) is 24.4 Å². The van der Waals surface area contributed by atoms with Crippen molar-refractivity contribution >= 4 is 5.78 Å². The Morgan fingerprint density at radius 2 is 1.81 bits per heavy atom. The molecule has 0 saturated carbocycles. The van der Waals surface area contributed by atoms with Crippen LogP contribution in [0.5, 0.6) is 0 Å². The highest BCUT2D eigenvalue weighted by molar-refractivity contribution is 5.97. The van der Waals surface area contributed by atoms with E-state index in [9.17, 15) is 4.79 Å². The average Bonchev–Trinajstić information content (AvgIpc) is 2.29. The molecule has 0 radical (unpaired) electrons. The largest absolute Gasteiger partial charge is 0.313 e. The standard InChI is InChI=1S/C14H21NO/c1-5-14(2,3)12-8-6-11(7-9-12)13(16)10-15-4/h6-9,15H,5,10H2,1-4H3. The number of nitrogens with one attached hydrogen (secondary N) is 1. The minimum Gasteiger partial charge on any atom is -0.313 e. The summed E-state index contributed by atoms with van der Waals surface area (Å²) in [6.45, 7) is 7.02. The van der Waals surface area contributed by atoms with E-state index in [1.165, 1.54) is 5.56 Å². The number of Topliss-reactive ketones (excluding diaryl/α,β-unsaturated/α-hetero) is 1. The van der Waals surface area contributed by atoms with E-state index in [0.29, 0.717) is 6.54 Å². The van der Waals surface area contributed by atoms with Crippen molar-refractivity contribution in [3.05, 3.63) is 35.4 Å². The van der Waals surface area contributed by atoms with Crippen molar-refractivity contribution in [3.8, 4) is 0 Å². The molecule has 1 aromatic rings. The zero-order valence-corrected chi connectivity index (χ0v) is 10.6. The van der Waals surface area contributed by atoms with Gasteiger partial charge in [-0.25, -0.2) is 0 Å². The normalized spacial score (nSPS) is 11.5. The summed E-state index contributed by atoms with van der Waals surface area (Å²) in [6.07, 6.45) is 1.09. The summed E-state index contributed by atoms with van der Waals surface area (Å²) < 4.78 is 0. The van der Waals surface area contributed by atoms with Crippen LogP contribution in [0.1, 0.15) is 43.1 Å². The number of benzene rings is 1. The second kappa shape index (κ2) is 5.26. The molecule has 16 heavy (non-hydrogen) atoms. The Bertz CT molecular complexity index is 352. The summed E-state index contributed by atoms with van der Waals surface area (Å²) >= 11 is 0. The quantitative estimate of drug-likeness (QED) is 0.771. The van der Waals surface area contributed by atoms with E-state index in [4.69, 9.17) is 0 Å². The highest BCUT2D eigenvalue weighted by Gasteiger charge is 2.17. The molecule has 0 aliphatic rings. The molecule has 1 N–H and O–H groups in total. The van der Waals surface area contributed by atoms with Gasteiger partial charge in [0.15, 0.2) is 5.78 Å². The number of carbonyl (C=O) groups excluding carboxylic acids is 1. The number of hydrogen-bond donors (Lipinski definition) is 1. The molecule has 0 fully saturated rings. The third kappa shape index (κ3) is 2.92. The lowest BCUT2D eigenvalue weighted by Gasteiger charge is -2.23. The summed E-state index contributed by atoms with van der Waals surface area (Å²) in [4.78, 5) is 11.6. The third-order valence-corrected chi connectivity index (χ3v) is 3.21. The maximum atomic E-state index is 11.6. The zero-order chi connectivity index (χ0) is 12.2. The number of ketones is 1. The van der Waals surface area contributed by atoms with Gasteiger partial charge in [0.05, 0.1) is 6.54 Å². The summed E-state index contributed by atoms with van der Waals surface area (Å²) in [7, 11) is 1.78. The zero-order valence-electron chi connectivity index (χ0n) is 10.6. The van der Waals surface area contributed by atoms with Crippen LogP contribution in [0, 0.1) is 0 Å². The SMILES string of the molecule is CCC(C)(C)c1ccc(C(=O)CNC)cc1. The van der Waals surface area contributed by atoms with Crippen molar-refractivity contribution in [3.63, 3.8) is 0 Å². The maximum absolute atomic E-state index is 11.6. The average molecular weight is 219 g/mol. The van der Waals surface area contributed by atoms with Crippen molar-refractivity contribution in [2.24, 2.45) is 0 Å². The fourth-order valence-corrected chi connectivity index (χ4v) is 1.57. The number of hydrogen-bond acceptors (Lipinski definition) is 2. The Labute approximate surface area is 98.1 Å². The van der Waals surface area contributed by atoms with Crippen LogP contribution in [0.25, 0.3) is 0 Å². The predicted octanol–water partition coefficient (Wildman–Crippen LogP) is 2.78. The van der Waals surface area contributed by atoms with Gasteiger partial charge in [0, 0.05) is 5.56 Å². The Hall–Kier alpha value is -1.15. The number of carbonyl (C=O) groups is 1. The second-order valence-corrected chi connectivity index (χ2v) is 4.77. The van der Waals surface area contributed by atoms with Gasteiger partial charge in [-0.3, -0.25) is 4.79 Å². The summed E-state index contributed by atoms with van der Waals surface area (Å²) in [6, 6.07) is 7.97. The van der Waals surface area contributed by atoms with Gasteiger partial charge in [-0.15, -0.1) is 0 Å². The van der Waals surface area contributed by atoms with Gasteiger partial charge < -0.3 is 5.32 Å². The first-order valence-corrected chi connectivity index (χ1v) is 5.79. The molecule has 0 amide bonds. The smallest absolute Gasteiger partial charge is 0.176 e. The Morgan fingerprint density at radius 1 is 1.25 bits per heavy atom. The molecule has 0 aromatic heterocycles. The molecule has 0 saturated heterocycles. The first-order valence-electron chi connectivity index (χ1n) is 5.79. The molecule has 0 aliphatic carbocycles. The molecular formula is C14H21NO. The van der Waals surface area contributed by atoms with Crippen molar-refractivity contribution < 1.29 is 4.79 Å². The summed E-state index contributed by atoms with van der Waals surface area (Å²) in [5.41, 5.74) is 2.26. The maximum Gasteiger partial charge on any atom is 0.176 e. The lowest BCUT2D eigenvalue weighted by Crippen LogP contribution is -2.19. The monoisotopic (exact) mass is 219 g/mol. The van der Waals surface area contributed by atoms with E-state index < -0.39 is 0 Å². The van der Waals surface area contributed by atoms with Crippen LogP contribution in [0.2, 0.25) is 0 Å². The molecule has 2 nitrogen and oxygen atoms in total. The van der Waals surface area contributed by atoms with Crippen LogP contribution < -0.4 is 5.32 Å². The van der Waals surface area contributed by atoms with Crippen LogP contribution in [-0.2, 0) is 5.41 Å². The third-order valence-electron chi connectivity index (χ3n) is 3.21. The van der Waals surface area contributed by atoms with Crippen molar-refractivity contribution in [1.82, 2.24) is 5.32 Å². The van der Waals surface area contributed by atoms with Gasteiger partial charge in [0.2, 0.25) is 0 Å². The van der Waals surface area contributed by atoms with Gasteiger partial charge >= 0.3 is 0 Å². The van der Waals surface area contributed by atoms with E-state index >= 15 is 0 Å². The molecule has 0 unspecified atom stereocenters. The number of rotatable bonds is 5. The molecule has 88 valence electrons. The topological polar surface area (TPSA) is 29.1 Å². The van der Waals surface area contributed by atoms with Gasteiger partial charge in [0.25, 0.3) is 0 Å². The highest BCUT2D eigenvalue weighted by atomic mass is 16.1. The lowest BCUT2D eigenvalue weighted by atomic mass is 9.82. The lowest BCUT2D eigenvalue weighted by molar-refractivity contribution is 0.0993. The summed E-state index contributed by atoms with van der Waals surface area (Å²) in [5, 5.41) is 2.87. The first kappa shape index (κ1) is 12.9. The van der Waals surface area contributed by atoms with Crippen LogP contribution >= 0.6 is 0 Å². The minimum absolute atomic E-state index is 0.142. The van der Waals surface area contributed by atoms with Crippen LogP contribution in [-0.4, -0.2) is 19.4 Å². The fourth-order valence-electron chi connectivity index (χ4n) is 1.57. The molecule has 0 bridgehead atoms. The van der Waals surface area contributed by atoms with E-state index in [1.807, 2.05) is 12.1 Å². The second-order valence-electron chi connectivity index (χ2n) is 4.77. The van der Waals surface area contributed by atoms with Crippen molar-refractivity contribution in [2.75, 3.05) is 13.6 Å². The first-order chi connectivity index (χ1) is 7.51. The van der Waals surface area contributed by atoms with E-state index in [2.05, 4.69) is 38.2 Å². The number of likely N-dealkylation sites (N-methyl/N-ethyl adjacent to an activating group) is 1. The van der Waals surface area contributed by atoms with E-state index in [0.717, 1.165) is 12.0 Å². The molecule has 0 aliphatic heterocycles. The Morgan fingerprint density at radius 3 is 2.25 bits per heavy atom. The van der Waals surface area contributed by atoms with E-state index in [1.54, 1.807) is 7.05 Å². The minimum atomic E-state index is 0.142. The fraction of sp³-hybridized carbons (Fsp3) is 0.500. The van der Waals surface area contributed by atoms with Gasteiger partial charge in [-0.2, -0.15) is 0 Å². The van der Waals surface area contributed by atoms with Crippen LogP contribution in [0.4, 0.5) is 0 Å². The molecule has 1 aromatic carbocycles.